The molecular weight excluding hydrogens is 262 g/mol. The van der Waals surface area contributed by atoms with Crippen molar-refractivity contribution in [3.63, 3.8) is 0 Å². The lowest BCUT2D eigenvalue weighted by atomic mass is 10.3. The first-order valence-corrected chi connectivity index (χ1v) is 6.57. The Bertz CT molecular complexity index is 581. The van der Waals surface area contributed by atoms with Crippen molar-refractivity contribution in [2.45, 2.75) is 11.7 Å². The summed E-state index contributed by atoms with van der Waals surface area (Å²) < 4.78 is 1.85. The fourth-order valence-electron chi connectivity index (χ4n) is 1.51. The van der Waals surface area contributed by atoms with Crippen LogP contribution in [0.2, 0.25) is 0 Å². The van der Waals surface area contributed by atoms with E-state index in [0.29, 0.717) is 17.5 Å². The van der Waals surface area contributed by atoms with E-state index in [1.807, 2.05) is 22.8 Å². The minimum atomic E-state index is -0.391. The largest absolute Gasteiger partial charge is 0.369 e. The second kappa shape index (κ2) is 6.14. The van der Waals surface area contributed by atoms with Gasteiger partial charge in [0.25, 0.3) is 0 Å². The van der Waals surface area contributed by atoms with Gasteiger partial charge in [-0.2, -0.15) is 0 Å². The van der Waals surface area contributed by atoms with Crippen LogP contribution >= 0.6 is 11.8 Å². The van der Waals surface area contributed by atoms with Crippen molar-refractivity contribution in [1.29, 1.82) is 0 Å². The van der Waals surface area contributed by atoms with Gasteiger partial charge in [0.15, 0.2) is 11.0 Å². The second-order valence-electron chi connectivity index (χ2n) is 3.68. The van der Waals surface area contributed by atoms with E-state index in [9.17, 15) is 4.79 Å². The number of carbonyl (C=O) groups is 1. The van der Waals surface area contributed by atoms with Crippen molar-refractivity contribution in [3.05, 3.63) is 37.1 Å². The highest BCUT2D eigenvalue weighted by molar-refractivity contribution is 7.99. The van der Waals surface area contributed by atoms with Crippen LogP contribution in [-0.4, -0.2) is 31.4 Å². The standard InChI is InChI=1S/C12H13N5OS/c1-2-7-17-11(9-5-3-4-6-14-9)15-16-12(17)19-8-10(13)18/h2-6H,1,7-8H2,(H2,13,18). The summed E-state index contributed by atoms with van der Waals surface area (Å²) in [5.41, 5.74) is 5.86. The fraction of sp³-hybridized carbons (Fsp3) is 0.167. The first kappa shape index (κ1) is 13.3. The topological polar surface area (TPSA) is 86.7 Å². The summed E-state index contributed by atoms with van der Waals surface area (Å²) >= 11 is 1.25. The van der Waals surface area contributed by atoms with Gasteiger partial charge in [0.05, 0.1) is 5.75 Å². The van der Waals surface area contributed by atoms with Gasteiger partial charge in [-0.05, 0) is 12.1 Å². The third-order valence-corrected chi connectivity index (χ3v) is 3.26. The van der Waals surface area contributed by atoms with Crippen LogP contribution in [0, 0.1) is 0 Å². The van der Waals surface area contributed by atoms with E-state index in [-0.39, 0.29) is 5.75 Å². The molecule has 0 radical (unpaired) electrons. The third-order valence-electron chi connectivity index (χ3n) is 2.27. The number of hydrogen-bond acceptors (Lipinski definition) is 5. The highest BCUT2D eigenvalue weighted by Crippen LogP contribution is 2.22. The summed E-state index contributed by atoms with van der Waals surface area (Å²) in [6.07, 6.45) is 3.43. The van der Waals surface area contributed by atoms with Crippen molar-refractivity contribution in [2.75, 3.05) is 5.75 Å². The molecule has 6 nitrogen and oxygen atoms in total. The highest BCUT2D eigenvalue weighted by atomic mass is 32.2. The number of amides is 1. The van der Waals surface area contributed by atoms with Crippen LogP contribution in [-0.2, 0) is 11.3 Å². The summed E-state index contributed by atoms with van der Waals surface area (Å²) in [6, 6.07) is 5.57. The third kappa shape index (κ3) is 3.19. The summed E-state index contributed by atoms with van der Waals surface area (Å²) in [4.78, 5) is 15.1. The molecule has 0 atom stereocenters. The number of nitrogens with zero attached hydrogens (tertiary/aromatic N) is 4. The van der Waals surface area contributed by atoms with Crippen molar-refractivity contribution in [2.24, 2.45) is 5.73 Å². The van der Waals surface area contributed by atoms with Gasteiger partial charge in [-0.3, -0.25) is 14.3 Å². The van der Waals surface area contributed by atoms with E-state index in [2.05, 4.69) is 21.8 Å². The molecule has 2 rings (SSSR count). The average Bonchev–Trinajstić information content (AvgIpc) is 2.81. The lowest BCUT2D eigenvalue weighted by Crippen LogP contribution is -2.14. The molecule has 0 spiro atoms. The molecule has 0 saturated carbocycles. The monoisotopic (exact) mass is 275 g/mol. The summed E-state index contributed by atoms with van der Waals surface area (Å²) in [5.74, 6) is 0.419. The molecule has 7 heteroatoms. The fourth-order valence-corrected chi connectivity index (χ4v) is 2.20. The molecule has 2 N–H and O–H groups in total. The van der Waals surface area contributed by atoms with Crippen LogP contribution in [0.15, 0.2) is 42.2 Å². The zero-order valence-corrected chi connectivity index (χ0v) is 11.0. The number of rotatable bonds is 6. The van der Waals surface area contributed by atoms with Gasteiger partial charge in [-0.1, -0.05) is 23.9 Å². The van der Waals surface area contributed by atoms with Gasteiger partial charge in [0.1, 0.15) is 5.69 Å². The Balaban J connectivity index is 2.34. The zero-order valence-electron chi connectivity index (χ0n) is 10.2. The van der Waals surface area contributed by atoms with E-state index in [4.69, 9.17) is 5.73 Å². The number of thioether (sulfide) groups is 1. The van der Waals surface area contributed by atoms with Crippen LogP contribution in [0.4, 0.5) is 0 Å². The quantitative estimate of drug-likeness (QED) is 0.630. The second-order valence-corrected chi connectivity index (χ2v) is 4.62. The lowest BCUT2D eigenvalue weighted by Gasteiger charge is -2.06. The number of carbonyl (C=O) groups excluding carboxylic acids is 1. The van der Waals surface area contributed by atoms with Gasteiger partial charge < -0.3 is 5.73 Å². The van der Waals surface area contributed by atoms with Gasteiger partial charge in [0, 0.05) is 12.7 Å². The van der Waals surface area contributed by atoms with Crippen LogP contribution in [0.1, 0.15) is 0 Å². The first-order valence-electron chi connectivity index (χ1n) is 5.59. The first-order chi connectivity index (χ1) is 9.22. The molecular formula is C12H13N5OS. The number of nitrogens with two attached hydrogens (primary N) is 1. The van der Waals surface area contributed by atoms with Crippen molar-refractivity contribution >= 4 is 17.7 Å². The molecule has 2 aromatic rings. The molecule has 0 aliphatic heterocycles. The molecule has 2 aromatic heterocycles. The predicted octanol–water partition coefficient (Wildman–Crippen LogP) is 1.10. The van der Waals surface area contributed by atoms with Gasteiger partial charge >= 0.3 is 0 Å². The van der Waals surface area contributed by atoms with E-state index in [0.717, 1.165) is 5.69 Å². The van der Waals surface area contributed by atoms with Gasteiger partial charge in [0.2, 0.25) is 5.91 Å². The summed E-state index contributed by atoms with van der Waals surface area (Å²) in [5, 5.41) is 8.80. The van der Waals surface area contributed by atoms with E-state index in [1.54, 1.807) is 12.3 Å². The molecule has 2 heterocycles. The Hall–Kier alpha value is -2.15. The lowest BCUT2D eigenvalue weighted by molar-refractivity contribution is -0.115. The van der Waals surface area contributed by atoms with E-state index < -0.39 is 5.91 Å². The van der Waals surface area contributed by atoms with Crippen LogP contribution < -0.4 is 5.73 Å². The number of primary amides is 1. The number of pyridine rings is 1. The van der Waals surface area contributed by atoms with Gasteiger partial charge in [-0.25, -0.2) is 0 Å². The SMILES string of the molecule is C=CCn1c(SCC(N)=O)nnc1-c1ccccn1. The van der Waals surface area contributed by atoms with Gasteiger partial charge in [-0.15, -0.1) is 16.8 Å². The van der Waals surface area contributed by atoms with Crippen LogP contribution in [0.3, 0.4) is 0 Å². The molecule has 0 aliphatic carbocycles. The Morgan fingerprint density at radius 1 is 1.47 bits per heavy atom. The summed E-state index contributed by atoms with van der Waals surface area (Å²) in [6.45, 7) is 4.25. The maximum Gasteiger partial charge on any atom is 0.227 e. The number of allylic oxidation sites excluding steroid dienone is 1. The Morgan fingerprint density at radius 2 is 2.32 bits per heavy atom. The maximum atomic E-state index is 10.8. The minimum Gasteiger partial charge on any atom is -0.369 e. The molecule has 1 amide bonds. The van der Waals surface area contributed by atoms with Crippen molar-refractivity contribution in [1.82, 2.24) is 19.7 Å². The Kier molecular flexibility index (Phi) is 4.30. The molecule has 0 aromatic carbocycles. The Morgan fingerprint density at radius 3 is 2.95 bits per heavy atom. The zero-order chi connectivity index (χ0) is 13.7. The highest BCUT2D eigenvalue weighted by Gasteiger charge is 2.14. The van der Waals surface area contributed by atoms with Crippen LogP contribution in [0.5, 0.6) is 0 Å². The molecule has 0 aliphatic rings. The molecule has 0 saturated heterocycles. The van der Waals surface area contributed by atoms with Crippen molar-refractivity contribution < 1.29 is 4.79 Å². The molecule has 98 valence electrons. The smallest absolute Gasteiger partial charge is 0.227 e. The Labute approximate surface area is 114 Å². The van der Waals surface area contributed by atoms with Crippen molar-refractivity contribution in [3.8, 4) is 11.5 Å². The maximum absolute atomic E-state index is 10.8. The van der Waals surface area contributed by atoms with E-state index in [1.165, 1.54) is 11.8 Å². The number of hydrogen-bond donors (Lipinski definition) is 1. The minimum absolute atomic E-state index is 0.164. The molecule has 19 heavy (non-hydrogen) atoms. The predicted molar refractivity (Wildman–Crippen MR) is 73.4 cm³/mol. The average molecular weight is 275 g/mol. The molecule has 0 bridgehead atoms. The molecule has 0 unspecified atom stereocenters. The number of aromatic nitrogens is 4. The molecule has 0 fully saturated rings. The normalized spacial score (nSPS) is 10.3. The van der Waals surface area contributed by atoms with E-state index >= 15 is 0 Å². The summed E-state index contributed by atoms with van der Waals surface area (Å²) in [7, 11) is 0. The van der Waals surface area contributed by atoms with Crippen LogP contribution in [0.25, 0.3) is 11.5 Å².